The van der Waals surface area contributed by atoms with E-state index in [9.17, 15) is 4.79 Å². The minimum Gasteiger partial charge on any atom is -0.324 e. The SMILES string of the molecule is C=CC1(N)C(=O)Nc2ccccc21. The Bertz CT molecular complexity index is 386. The van der Waals surface area contributed by atoms with Crippen LogP contribution in [0.15, 0.2) is 36.9 Å². The molecule has 0 aliphatic carbocycles. The lowest BCUT2D eigenvalue weighted by molar-refractivity contribution is -0.119. The molecular formula is C10H10N2O. The van der Waals surface area contributed by atoms with E-state index in [0.29, 0.717) is 0 Å². The van der Waals surface area contributed by atoms with Crippen molar-refractivity contribution in [2.75, 3.05) is 5.32 Å². The topological polar surface area (TPSA) is 55.1 Å². The van der Waals surface area contributed by atoms with Crippen LogP contribution in [-0.2, 0) is 10.3 Å². The summed E-state index contributed by atoms with van der Waals surface area (Å²) in [6, 6.07) is 7.36. The fourth-order valence-corrected chi connectivity index (χ4v) is 1.50. The predicted molar refractivity (Wildman–Crippen MR) is 51.1 cm³/mol. The minimum absolute atomic E-state index is 0.219. The number of benzene rings is 1. The number of hydrogen-bond acceptors (Lipinski definition) is 2. The molecule has 3 N–H and O–H groups in total. The molecule has 3 nitrogen and oxygen atoms in total. The van der Waals surface area contributed by atoms with Gasteiger partial charge in [-0.05, 0) is 6.07 Å². The Kier molecular flexibility index (Phi) is 1.50. The Morgan fingerprint density at radius 3 is 2.85 bits per heavy atom. The summed E-state index contributed by atoms with van der Waals surface area (Å²) in [5.74, 6) is -0.219. The molecule has 0 fully saturated rings. The first kappa shape index (κ1) is 8.01. The van der Waals surface area contributed by atoms with Gasteiger partial charge >= 0.3 is 0 Å². The number of carbonyl (C=O) groups is 1. The van der Waals surface area contributed by atoms with Crippen LogP contribution in [0, 0.1) is 0 Å². The summed E-state index contributed by atoms with van der Waals surface area (Å²) in [5, 5.41) is 2.70. The number of para-hydroxylation sites is 1. The zero-order valence-corrected chi connectivity index (χ0v) is 7.08. The van der Waals surface area contributed by atoms with Crippen LogP contribution in [0.25, 0.3) is 0 Å². The number of anilines is 1. The van der Waals surface area contributed by atoms with E-state index < -0.39 is 5.54 Å². The van der Waals surface area contributed by atoms with Crippen molar-refractivity contribution in [2.45, 2.75) is 5.54 Å². The van der Waals surface area contributed by atoms with Crippen molar-refractivity contribution < 1.29 is 4.79 Å². The zero-order chi connectivity index (χ0) is 9.47. The van der Waals surface area contributed by atoms with Gasteiger partial charge in [0, 0.05) is 11.3 Å². The third kappa shape index (κ3) is 0.907. The Hall–Kier alpha value is -1.61. The van der Waals surface area contributed by atoms with Crippen LogP contribution in [-0.4, -0.2) is 5.91 Å². The quantitative estimate of drug-likeness (QED) is 0.623. The first-order valence-electron chi connectivity index (χ1n) is 4.02. The summed E-state index contributed by atoms with van der Waals surface area (Å²) >= 11 is 0. The van der Waals surface area contributed by atoms with E-state index in [4.69, 9.17) is 5.73 Å². The highest BCUT2D eigenvalue weighted by molar-refractivity contribution is 6.07. The third-order valence-corrected chi connectivity index (χ3v) is 2.32. The van der Waals surface area contributed by atoms with Gasteiger partial charge in [-0.3, -0.25) is 4.79 Å². The number of rotatable bonds is 1. The molecule has 0 bridgehead atoms. The zero-order valence-electron chi connectivity index (χ0n) is 7.08. The molecule has 2 rings (SSSR count). The Morgan fingerprint density at radius 2 is 2.15 bits per heavy atom. The molecule has 0 saturated heterocycles. The maximum atomic E-state index is 11.5. The van der Waals surface area contributed by atoms with Crippen molar-refractivity contribution in [3.63, 3.8) is 0 Å². The second kappa shape index (κ2) is 2.44. The Labute approximate surface area is 76.2 Å². The maximum absolute atomic E-state index is 11.5. The summed E-state index contributed by atoms with van der Waals surface area (Å²) in [6.07, 6.45) is 1.47. The summed E-state index contributed by atoms with van der Waals surface area (Å²) < 4.78 is 0. The summed E-state index contributed by atoms with van der Waals surface area (Å²) in [6.45, 7) is 3.58. The number of amides is 1. The van der Waals surface area contributed by atoms with Gasteiger partial charge in [0.25, 0.3) is 5.91 Å². The maximum Gasteiger partial charge on any atom is 0.253 e. The average Bonchev–Trinajstić information content (AvgIpc) is 2.41. The molecule has 1 aromatic rings. The monoisotopic (exact) mass is 174 g/mol. The van der Waals surface area contributed by atoms with E-state index in [1.807, 2.05) is 24.3 Å². The van der Waals surface area contributed by atoms with Crippen molar-refractivity contribution in [2.24, 2.45) is 5.73 Å². The van der Waals surface area contributed by atoms with Gasteiger partial charge in [-0.2, -0.15) is 0 Å². The molecule has 1 unspecified atom stereocenters. The molecule has 0 aromatic heterocycles. The smallest absolute Gasteiger partial charge is 0.253 e. The highest BCUT2D eigenvalue weighted by atomic mass is 16.2. The van der Waals surface area contributed by atoms with Crippen molar-refractivity contribution in [1.29, 1.82) is 0 Å². The van der Waals surface area contributed by atoms with Gasteiger partial charge < -0.3 is 11.1 Å². The molecule has 0 saturated carbocycles. The number of hydrogen-bond donors (Lipinski definition) is 2. The summed E-state index contributed by atoms with van der Waals surface area (Å²) in [7, 11) is 0. The van der Waals surface area contributed by atoms with E-state index in [1.54, 1.807) is 0 Å². The largest absolute Gasteiger partial charge is 0.324 e. The molecule has 13 heavy (non-hydrogen) atoms. The molecule has 1 heterocycles. The lowest BCUT2D eigenvalue weighted by Crippen LogP contribution is -2.41. The number of fused-ring (bicyclic) bond motifs is 1. The van der Waals surface area contributed by atoms with Gasteiger partial charge in [-0.15, -0.1) is 6.58 Å². The molecule has 1 aromatic carbocycles. The molecule has 1 atom stereocenters. The first-order valence-corrected chi connectivity index (χ1v) is 4.02. The number of carbonyl (C=O) groups excluding carboxylic acids is 1. The van der Waals surface area contributed by atoms with Gasteiger partial charge in [0.1, 0.15) is 5.54 Å². The Morgan fingerprint density at radius 1 is 1.46 bits per heavy atom. The average molecular weight is 174 g/mol. The number of nitrogens with two attached hydrogens (primary N) is 1. The normalized spacial score (nSPS) is 25.2. The van der Waals surface area contributed by atoms with Crippen LogP contribution in [0.5, 0.6) is 0 Å². The molecule has 1 aliphatic heterocycles. The molecule has 66 valence electrons. The van der Waals surface area contributed by atoms with E-state index in [1.165, 1.54) is 6.08 Å². The fourth-order valence-electron chi connectivity index (χ4n) is 1.50. The molecule has 1 aliphatic rings. The van der Waals surface area contributed by atoms with E-state index in [-0.39, 0.29) is 5.91 Å². The third-order valence-electron chi connectivity index (χ3n) is 2.32. The second-order valence-electron chi connectivity index (χ2n) is 3.07. The molecule has 1 amide bonds. The van der Waals surface area contributed by atoms with E-state index in [0.717, 1.165) is 11.3 Å². The van der Waals surface area contributed by atoms with E-state index in [2.05, 4.69) is 11.9 Å². The van der Waals surface area contributed by atoms with Crippen molar-refractivity contribution in [3.05, 3.63) is 42.5 Å². The highest BCUT2D eigenvalue weighted by Crippen LogP contribution is 2.34. The predicted octanol–water partition coefficient (Wildman–Crippen LogP) is 0.979. The van der Waals surface area contributed by atoms with Crippen LogP contribution in [0.1, 0.15) is 5.56 Å². The minimum atomic E-state index is -1.06. The standard InChI is InChI=1S/C10H10N2O/c1-2-10(11)7-5-3-4-6-8(7)12-9(10)13/h2-6H,1,11H2,(H,12,13). The fraction of sp³-hybridized carbons (Fsp3) is 0.100. The van der Waals surface area contributed by atoms with Crippen molar-refractivity contribution >= 4 is 11.6 Å². The first-order chi connectivity index (χ1) is 6.18. The van der Waals surface area contributed by atoms with Crippen LogP contribution in [0.2, 0.25) is 0 Å². The molecule has 0 spiro atoms. The lowest BCUT2D eigenvalue weighted by Gasteiger charge is -2.15. The van der Waals surface area contributed by atoms with Crippen LogP contribution < -0.4 is 11.1 Å². The van der Waals surface area contributed by atoms with Gasteiger partial charge in [0.2, 0.25) is 0 Å². The van der Waals surface area contributed by atoms with Crippen LogP contribution >= 0.6 is 0 Å². The summed E-state index contributed by atoms with van der Waals surface area (Å²) in [4.78, 5) is 11.5. The van der Waals surface area contributed by atoms with E-state index >= 15 is 0 Å². The highest BCUT2D eigenvalue weighted by Gasteiger charge is 2.40. The van der Waals surface area contributed by atoms with Gasteiger partial charge in [-0.25, -0.2) is 0 Å². The Balaban J connectivity index is 2.65. The van der Waals surface area contributed by atoms with Gasteiger partial charge in [0.05, 0.1) is 0 Å². The molecule has 0 radical (unpaired) electrons. The lowest BCUT2D eigenvalue weighted by atomic mass is 9.93. The van der Waals surface area contributed by atoms with Crippen molar-refractivity contribution in [3.8, 4) is 0 Å². The molecule has 3 heteroatoms. The summed E-state index contributed by atoms with van der Waals surface area (Å²) in [5.41, 5.74) is 6.38. The van der Waals surface area contributed by atoms with Gasteiger partial charge in [-0.1, -0.05) is 24.3 Å². The van der Waals surface area contributed by atoms with Gasteiger partial charge in [0.15, 0.2) is 0 Å². The van der Waals surface area contributed by atoms with Crippen LogP contribution in [0.3, 0.4) is 0 Å². The molecular weight excluding hydrogens is 164 g/mol. The second-order valence-corrected chi connectivity index (χ2v) is 3.07. The van der Waals surface area contributed by atoms with Crippen LogP contribution in [0.4, 0.5) is 5.69 Å². The van der Waals surface area contributed by atoms with Crippen molar-refractivity contribution in [1.82, 2.24) is 0 Å². The number of nitrogens with one attached hydrogen (secondary N) is 1.